The number of nitrogens with two attached hydrogens (primary N) is 1. The van der Waals surface area contributed by atoms with E-state index >= 15 is 0 Å². The van der Waals surface area contributed by atoms with Gasteiger partial charge in [-0.15, -0.1) is 0 Å². The first-order valence-corrected chi connectivity index (χ1v) is 10.3. The average Bonchev–Trinajstić information content (AvgIpc) is 2.48. The minimum absolute atomic E-state index is 0.167. The third-order valence-electron chi connectivity index (χ3n) is 1.80. The van der Waals surface area contributed by atoms with Gasteiger partial charge in [0.1, 0.15) is 11.9 Å². The maximum atomic E-state index is 11.3. The standard InChI is InChI=1S/C6H12NO3P.C5H11N.C5H7N.C3H6O/c1-3-9-11(8,6-5-7)10-4-2;2*1-5(2)3-4-6;1-3(2)4/h3-4,6H2,1-2H3;3H,4,6H2,1-2H3;3H,1-2H3;1-2H3. The van der Waals surface area contributed by atoms with Gasteiger partial charge in [0.05, 0.1) is 25.4 Å². The van der Waals surface area contributed by atoms with Crippen molar-refractivity contribution in [3.05, 3.63) is 23.3 Å². The van der Waals surface area contributed by atoms with Crippen molar-refractivity contribution in [1.29, 1.82) is 10.5 Å². The van der Waals surface area contributed by atoms with Crippen LogP contribution in [-0.4, -0.2) is 31.7 Å². The fraction of sp³-hybridized carbons (Fsp3) is 0.632. The van der Waals surface area contributed by atoms with Crippen LogP contribution < -0.4 is 5.73 Å². The molecule has 0 unspecified atom stereocenters. The van der Waals surface area contributed by atoms with Crippen LogP contribution >= 0.6 is 7.60 Å². The van der Waals surface area contributed by atoms with Gasteiger partial charge in [-0.3, -0.25) is 4.57 Å². The maximum Gasteiger partial charge on any atom is 0.344 e. The first-order chi connectivity index (χ1) is 12.5. The monoisotopic (exact) mass is 401 g/mol. The average molecular weight is 401 g/mol. The summed E-state index contributed by atoms with van der Waals surface area (Å²) in [5.41, 5.74) is 7.50. The van der Waals surface area contributed by atoms with Gasteiger partial charge in [-0.2, -0.15) is 10.5 Å². The molecule has 0 fully saturated rings. The summed E-state index contributed by atoms with van der Waals surface area (Å²) < 4.78 is 21.0. The van der Waals surface area contributed by atoms with E-state index in [1.54, 1.807) is 19.9 Å². The Morgan fingerprint density at radius 2 is 1.41 bits per heavy atom. The van der Waals surface area contributed by atoms with Crippen molar-refractivity contribution in [3.63, 3.8) is 0 Å². The number of allylic oxidation sites excluding steroid dienone is 3. The molecule has 0 rings (SSSR count). The summed E-state index contributed by atoms with van der Waals surface area (Å²) >= 11 is 0. The van der Waals surface area contributed by atoms with Crippen LogP contribution in [0.25, 0.3) is 0 Å². The highest BCUT2D eigenvalue weighted by atomic mass is 31.2. The molecule has 0 heterocycles. The third kappa shape index (κ3) is 45.5. The van der Waals surface area contributed by atoms with Crippen LogP contribution in [0, 0.1) is 22.7 Å². The highest BCUT2D eigenvalue weighted by Crippen LogP contribution is 2.47. The summed E-state index contributed by atoms with van der Waals surface area (Å²) in [6, 6.07) is 3.67. The fourth-order valence-corrected chi connectivity index (χ4v) is 2.19. The zero-order valence-corrected chi connectivity index (χ0v) is 18.9. The molecule has 0 radical (unpaired) electrons. The zero-order valence-electron chi connectivity index (χ0n) is 18.0. The number of hydrogen-bond donors (Lipinski definition) is 1. The number of carbonyl (C=O) groups is 1. The van der Waals surface area contributed by atoms with E-state index in [4.69, 9.17) is 25.3 Å². The molecule has 156 valence electrons. The van der Waals surface area contributed by atoms with E-state index in [9.17, 15) is 9.36 Å². The Morgan fingerprint density at radius 1 is 1.00 bits per heavy atom. The third-order valence-corrected chi connectivity index (χ3v) is 3.63. The highest BCUT2D eigenvalue weighted by Gasteiger charge is 2.22. The van der Waals surface area contributed by atoms with Crippen LogP contribution in [0.2, 0.25) is 0 Å². The van der Waals surface area contributed by atoms with Crippen LogP contribution in [-0.2, 0) is 18.4 Å². The number of nitriles is 2. The number of ketones is 1. The number of nitrogens with zero attached hydrogens (tertiary/aromatic N) is 2. The van der Waals surface area contributed by atoms with E-state index in [1.165, 1.54) is 25.5 Å². The Balaban J connectivity index is -0.000000142. The van der Waals surface area contributed by atoms with Gasteiger partial charge in [-0.25, -0.2) is 0 Å². The van der Waals surface area contributed by atoms with Gasteiger partial charge in [0.15, 0.2) is 0 Å². The summed E-state index contributed by atoms with van der Waals surface area (Å²) in [4.78, 5) is 9.44. The summed E-state index contributed by atoms with van der Waals surface area (Å²) in [7, 11) is -3.08. The lowest BCUT2D eigenvalue weighted by molar-refractivity contribution is -0.115. The van der Waals surface area contributed by atoms with Crippen LogP contribution in [0.15, 0.2) is 23.3 Å². The number of hydrogen-bond acceptors (Lipinski definition) is 7. The smallest absolute Gasteiger partial charge is 0.327 e. The first kappa shape index (κ1) is 32.9. The van der Waals surface area contributed by atoms with Crippen molar-refractivity contribution in [3.8, 4) is 12.1 Å². The summed E-state index contributed by atoms with van der Waals surface area (Å²) in [6.07, 6.45) is 3.33. The van der Waals surface area contributed by atoms with Crippen molar-refractivity contribution in [2.75, 3.05) is 25.9 Å². The SMILES string of the molecule is CC(C)=CC#N.CC(C)=CCN.CC(C)=O.CCOP(=O)(CC#N)OCC. The molecule has 0 saturated heterocycles. The van der Waals surface area contributed by atoms with Gasteiger partial charge in [0, 0.05) is 12.6 Å². The molecule has 27 heavy (non-hydrogen) atoms. The summed E-state index contributed by atoms with van der Waals surface area (Å²) in [5, 5.41) is 16.2. The number of rotatable bonds is 6. The van der Waals surface area contributed by atoms with E-state index in [-0.39, 0.29) is 11.9 Å². The zero-order chi connectivity index (χ0) is 22.3. The summed E-state index contributed by atoms with van der Waals surface area (Å²) in [5.74, 6) is 0.167. The second-order valence-electron chi connectivity index (χ2n) is 5.54. The predicted molar refractivity (Wildman–Crippen MR) is 111 cm³/mol. The Hall–Kier alpha value is -1.76. The molecular weight excluding hydrogens is 365 g/mol. The largest absolute Gasteiger partial charge is 0.344 e. The Morgan fingerprint density at radius 3 is 1.52 bits per heavy atom. The number of carbonyl (C=O) groups excluding carboxylic acids is 1. The van der Waals surface area contributed by atoms with E-state index in [1.807, 2.05) is 39.8 Å². The van der Waals surface area contributed by atoms with Crippen LogP contribution in [0.4, 0.5) is 0 Å². The summed E-state index contributed by atoms with van der Waals surface area (Å²) in [6.45, 7) is 15.6. The van der Waals surface area contributed by atoms with Crippen LogP contribution in [0.1, 0.15) is 55.4 Å². The van der Waals surface area contributed by atoms with Gasteiger partial charge in [0.25, 0.3) is 0 Å². The molecule has 0 aliphatic heterocycles. The van der Waals surface area contributed by atoms with Gasteiger partial charge >= 0.3 is 7.60 Å². The van der Waals surface area contributed by atoms with Gasteiger partial charge in [-0.1, -0.05) is 17.2 Å². The lowest BCUT2D eigenvalue weighted by Gasteiger charge is -2.12. The molecule has 0 saturated carbocycles. The molecular formula is C19H36N3O4P. The maximum absolute atomic E-state index is 11.3. The Kier molecular flexibility index (Phi) is 29.5. The van der Waals surface area contributed by atoms with Crippen molar-refractivity contribution in [2.24, 2.45) is 5.73 Å². The molecule has 0 aromatic heterocycles. The molecule has 2 N–H and O–H groups in total. The quantitative estimate of drug-likeness (QED) is 0.386. The molecule has 0 amide bonds. The normalized spacial score (nSPS) is 8.56. The Bertz CT molecular complexity index is 536. The molecule has 0 aromatic rings. The van der Waals surface area contributed by atoms with Crippen molar-refractivity contribution in [2.45, 2.75) is 55.4 Å². The molecule has 0 spiro atoms. The lowest BCUT2D eigenvalue weighted by atomic mass is 10.3. The molecule has 0 aliphatic rings. The molecule has 0 bridgehead atoms. The van der Waals surface area contributed by atoms with Crippen LogP contribution in [0.3, 0.4) is 0 Å². The minimum atomic E-state index is -3.08. The van der Waals surface area contributed by atoms with E-state index in [0.717, 1.165) is 5.57 Å². The molecule has 0 atom stereocenters. The van der Waals surface area contributed by atoms with Gasteiger partial charge < -0.3 is 19.6 Å². The first-order valence-electron chi connectivity index (χ1n) is 8.54. The molecule has 8 heteroatoms. The second-order valence-corrected chi connectivity index (χ2v) is 7.59. The minimum Gasteiger partial charge on any atom is -0.327 e. The fourth-order valence-electron chi connectivity index (χ4n) is 0.973. The van der Waals surface area contributed by atoms with Crippen LogP contribution in [0.5, 0.6) is 0 Å². The van der Waals surface area contributed by atoms with Gasteiger partial charge in [0.2, 0.25) is 0 Å². The highest BCUT2D eigenvalue weighted by molar-refractivity contribution is 7.54. The predicted octanol–water partition coefficient (Wildman–Crippen LogP) is 4.76. The topological polar surface area (TPSA) is 126 Å². The van der Waals surface area contributed by atoms with E-state index in [0.29, 0.717) is 19.8 Å². The van der Waals surface area contributed by atoms with E-state index in [2.05, 4.69) is 0 Å². The molecule has 0 aromatic carbocycles. The molecule has 0 aliphatic carbocycles. The molecule has 7 nitrogen and oxygen atoms in total. The van der Waals surface area contributed by atoms with Crippen molar-refractivity contribution in [1.82, 2.24) is 0 Å². The second kappa shape index (κ2) is 24.2. The van der Waals surface area contributed by atoms with Gasteiger partial charge in [-0.05, 0) is 55.4 Å². The lowest BCUT2D eigenvalue weighted by Crippen LogP contribution is -1.98. The Labute approximate surface area is 165 Å². The number of Topliss-reactive ketones (excluding diaryl/α,β-unsaturated/α-hetero) is 1. The van der Waals surface area contributed by atoms with Crippen molar-refractivity contribution < 1.29 is 18.4 Å². The van der Waals surface area contributed by atoms with Crippen molar-refractivity contribution >= 4 is 13.4 Å². The van der Waals surface area contributed by atoms with E-state index < -0.39 is 7.60 Å².